The van der Waals surface area contributed by atoms with Crippen LogP contribution in [-0.4, -0.2) is 62.3 Å². The lowest BCUT2D eigenvalue weighted by Crippen LogP contribution is -3.16. The zero-order valence-electron chi connectivity index (χ0n) is 16.0. The highest BCUT2D eigenvalue weighted by Gasteiger charge is 2.49. The number of hydrogen-bond acceptors (Lipinski definition) is 4. The number of quaternary nitrogens is 1. The summed E-state index contributed by atoms with van der Waals surface area (Å²) in [5.41, 5.74) is 0.785. The normalized spacial score (nSPS) is 27.2. The maximum absolute atomic E-state index is 12.7. The van der Waals surface area contributed by atoms with Gasteiger partial charge in [0, 0.05) is 0 Å². The van der Waals surface area contributed by atoms with Gasteiger partial charge < -0.3 is 4.90 Å². The van der Waals surface area contributed by atoms with Crippen LogP contribution < -0.4 is 4.90 Å². The van der Waals surface area contributed by atoms with E-state index in [-0.39, 0.29) is 29.4 Å². The van der Waals surface area contributed by atoms with Crippen molar-refractivity contribution < 1.29 is 22.9 Å². The number of carbonyl (C=O) groups excluding carboxylic acids is 2. The number of fused-ring (bicyclic) bond motifs is 1. The lowest BCUT2D eigenvalue weighted by Gasteiger charge is -2.33. The van der Waals surface area contributed by atoms with Crippen molar-refractivity contribution in [3.05, 3.63) is 35.9 Å². The smallest absolute Gasteiger partial charge is 0.237 e. The molecule has 3 fully saturated rings. The molecule has 0 unspecified atom stereocenters. The molecule has 0 radical (unpaired) electrons. The first-order valence-corrected chi connectivity index (χ1v) is 11.8. The summed E-state index contributed by atoms with van der Waals surface area (Å²) < 4.78 is 26.9. The molecule has 1 aromatic rings. The predicted octanol–water partition coefficient (Wildman–Crippen LogP) is -0.150. The molecule has 8 heteroatoms. The standard InChI is InChI=1S/C20H27N3O4S/c24-19-17-8-4-5-9-18(17)20(25)23(19)15-21-10-12-22(13-11-21)28(26,27)14-16-6-2-1-3-7-16/h1-3,6-7,17-18H,4-5,8-15H2/p+1/t17-,18+. The van der Waals surface area contributed by atoms with Crippen LogP contribution in [0.2, 0.25) is 0 Å². The van der Waals surface area contributed by atoms with Crippen LogP contribution in [0.5, 0.6) is 0 Å². The van der Waals surface area contributed by atoms with Crippen molar-refractivity contribution in [2.75, 3.05) is 32.8 Å². The summed E-state index contributed by atoms with van der Waals surface area (Å²) in [4.78, 5) is 27.8. The van der Waals surface area contributed by atoms with Gasteiger partial charge in [0.2, 0.25) is 21.8 Å². The Morgan fingerprint density at radius 2 is 1.50 bits per heavy atom. The minimum atomic E-state index is -3.35. The number of hydrogen-bond donors (Lipinski definition) is 1. The summed E-state index contributed by atoms with van der Waals surface area (Å²) in [6.45, 7) is 2.44. The molecule has 0 spiro atoms. The molecule has 1 N–H and O–H groups in total. The molecule has 4 rings (SSSR count). The molecule has 0 bridgehead atoms. The van der Waals surface area contributed by atoms with E-state index in [1.165, 1.54) is 9.21 Å². The molecule has 2 amide bonds. The third-order valence-electron chi connectivity index (χ3n) is 6.33. The fraction of sp³-hybridized carbons (Fsp3) is 0.600. The van der Waals surface area contributed by atoms with E-state index in [0.717, 1.165) is 36.1 Å². The van der Waals surface area contributed by atoms with Gasteiger partial charge in [-0.1, -0.05) is 43.2 Å². The van der Waals surface area contributed by atoms with Crippen LogP contribution in [0.4, 0.5) is 0 Å². The summed E-state index contributed by atoms with van der Waals surface area (Å²) >= 11 is 0. The second kappa shape index (κ2) is 7.93. The zero-order chi connectivity index (χ0) is 19.7. The summed E-state index contributed by atoms with van der Waals surface area (Å²) in [5.74, 6) is -0.251. The second-order valence-corrected chi connectivity index (χ2v) is 10.1. The Balaban J connectivity index is 1.33. The largest absolute Gasteiger partial charge is 0.315 e. The van der Waals surface area contributed by atoms with E-state index in [0.29, 0.717) is 32.8 Å². The van der Waals surface area contributed by atoms with Gasteiger partial charge in [0.25, 0.3) is 0 Å². The van der Waals surface area contributed by atoms with Gasteiger partial charge in [-0.05, 0) is 18.4 Å². The molecule has 1 aromatic carbocycles. The Morgan fingerprint density at radius 3 is 2.07 bits per heavy atom. The number of benzene rings is 1. The molecule has 1 saturated carbocycles. The summed E-state index contributed by atoms with van der Waals surface area (Å²) in [7, 11) is -3.35. The number of piperazine rings is 1. The molecule has 2 atom stereocenters. The Labute approximate surface area is 166 Å². The maximum Gasteiger partial charge on any atom is 0.237 e. The SMILES string of the molecule is O=C1[C@H]2CCCC[C@H]2C(=O)N1C[NH+]1CCN(S(=O)(=O)Cc2ccccc2)CC1. The quantitative estimate of drug-likeness (QED) is 0.690. The molecule has 2 saturated heterocycles. The van der Waals surface area contributed by atoms with Crippen LogP contribution in [0.15, 0.2) is 30.3 Å². The third-order valence-corrected chi connectivity index (χ3v) is 8.18. The number of amides is 2. The minimum Gasteiger partial charge on any atom is -0.315 e. The van der Waals surface area contributed by atoms with Gasteiger partial charge in [-0.3, -0.25) is 9.59 Å². The number of imide groups is 1. The van der Waals surface area contributed by atoms with Crippen LogP contribution in [0, 0.1) is 11.8 Å². The van der Waals surface area contributed by atoms with Crippen LogP contribution in [0.3, 0.4) is 0 Å². The average Bonchev–Trinajstić information content (AvgIpc) is 2.94. The van der Waals surface area contributed by atoms with E-state index in [1.807, 2.05) is 30.3 Å². The highest BCUT2D eigenvalue weighted by atomic mass is 32.2. The van der Waals surface area contributed by atoms with Gasteiger partial charge in [0.05, 0.1) is 43.8 Å². The van der Waals surface area contributed by atoms with E-state index < -0.39 is 10.0 Å². The first kappa shape index (κ1) is 19.5. The van der Waals surface area contributed by atoms with Crippen molar-refractivity contribution >= 4 is 21.8 Å². The van der Waals surface area contributed by atoms with Gasteiger partial charge >= 0.3 is 0 Å². The molecular weight excluding hydrogens is 378 g/mol. The first-order chi connectivity index (χ1) is 13.5. The fourth-order valence-corrected chi connectivity index (χ4v) is 6.26. The number of carbonyl (C=O) groups is 2. The van der Waals surface area contributed by atoms with E-state index >= 15 is 0 Å². The van der Waals surface area contributed by atoms with Crippen LogP contribution in [-0.2, 0) is 25.4 Å². The van der Waals surface area contributed by atoms with Crippen molar-refractivity contribution in [3.8, 4) is 0 Å². The molecule has 1 aliphatic carbocycles. The molecular formula is C20H28N3O4S+. The van der Waals surface area contributed by atoms with Crippen LogP contribution >= 0.6 is 0 Å². The summed E-state index contributed by atoms with van der Waals surface area (Å²) in [6.07, 6.45) is 3.71. The number of nitrogens with zero attached hydrogens (tertiary/aromatic N) is 2. The van der Waals surface area contributed by atoms with Gasteiger partial charge in [0.1, 0.15) is 0 Å². The van der Waals surface area contributed by atoms with Crippen molar-refractivity contribution in [1.82, 2.24) is 9.21 Å². The predicted molar refractivity (Wildman–Crippen MR) is 104 cm³/mol. The highest BCUT2D eigenvalue weighted by molar-refractivity contribution is 7.88. The monoisotopic (exact) mass is 406 g/mol. The Hall–Kier alpha value is -1.77. The molecule has 7 nitrogen and oxygen atoms in total. The summed E-state index contributed by atoms with van der Waals surface area (Å²) in [6, 6.07) is 9.20. The van der Waals surface area contributed by atoms with Crippen molar-refractivity contribution in [2.45, 2.75) is 31.4 Å². The first-order valence-electron chi connectivity index (χ1n) is 10.2. The minimum absolute atomic E-state index is 0.00955. The lowest BCUT2D eigenvalue weighted by molar-refractivity contribution is -0.910. The number of sulfonamides is 1. The van der Waals surface area contributed by atoms with Gasteiger partial charge in [-0.15, -0.1) is 0 Å². The Kier molecular flexibility index (Phi) is 5.53. The molecule has 0 aromatic heterocycles. The maximum atomic E-state index is 12.7. The van der Waals surface area contributed by atoms with Gasteiger partial charge in [0.15, 0.2) is 6.67 Å². The van der Waals surface area contributed by atoms with E-state index in [2.05, 4.69) is 0 Å². The van der Waals surface area contributed by atoms with Gasteiger partial charge in [-0.25, -0.2) is 13.3 Å². The molecule has 28 heavy (non-hydrogen) atoms. The molecule has 2 aliphatic heterocycles. The average molecular weight is 407 g/mol. The van der Waals surface area contributed by atoms with Gasteiger partial charge in [-0.2, -0.15) is 4.31 Å². The summed E-state index contributed by atoms with van der Waals surface area (Å²) in [5, 5.41) is 0. The van der Waals surface area contributed by atoms with E-state index in [1.54, 1.807) is 0 Å². The molecule has 2 heterocycles. The topological polar surface area (TPSA) is 79.2 Å². The lowest BCUT2D eigenvalue weighted by atomic mass is 9.81. The molecule has 152 valence electrons. The van der Waals surface area contributed by atoms with E-state index in [9.17, 15) is 18.0 Å². The number of rotatable bonds is 5. The highest BCUT2D eigenvalue weighted by Crippen LogP contribution is 2.37. The Bertz CT molecular complexity index is 810. The third kappa shape index (κ3) is 3.86. The fourth-order valence-electron chi connectivity index (χ4n) is 4.73. The van der Waals surface area contributed by atoms with Crippen LogP contribution in [0.1, 0.15) is 31.2 Å². The van der Waals surface area contributed by atoms with Crippen LogP contribution in [0.25, 0.3) is 0 Å². The zero-order valence-corrected chi connectivity index (χ0v) is 16.9. The van der Waals surface area contributed by atoms with Crippen molar-refractivity contribution in [1.29, 1.82) is 0 Å². The molecule has 3 aliphatic rings. The van der Waals surface area contributed by atoms with Crippen molar-refractivity contribution in [2.24, 2.45) is 11.8 Å². The second-order valence-electron chi connectivity index (χ2n) is 8.15. The van der Waals surface area contributed by atoms with E-state index in [4.69, 9.17) is 0 Å². The number of nitrogens with one attached hydrogen (secondary N) is 1. The Morgan fingerprint density at radius 1 is 0.929 bits per heavy atom. The van der Waals surface area contributed by atoms with Crippen molar-refractivity contribution in [3.63, 3.8) is 0 Å². The number of likely N-dealkylation sites (tertiary alicyclic amines) is 1.